The van der Waals surface area contributed by atoms with Gasteiger partial charge in [0.25, 0.3) is 5.91 Å². The lowest BCUT2D eigenvalue weighted by Gasteiger charge is -2.35. The third-order valence-corrected chi connectivity index (χ3v) is 3.82. The molecule has 0 aromatic carbocycles. The molecule has 3 heterocycles. The minimum Gasteiger partial charge on any atom is -0.336 e. The molecular weight excluding hydrogens is 266 g/mol. The predicted molar refractivity (Wildman–Crippen MR) is 78.8 cm³/mol. The van der Waals surface area contributed by atoms with Gasteiger partial charge in [0.15, 0.2) is 0 Å². The van der Waals surface area contributed by atoms with Crippen molar-refractivity contribution in [3.05, 3.63) is 47.8 Å². The highest BCUT2D eigenvalue weighted by Gasteiger charge is 2.31. The molecule has 0 spiro atoms. The number of hydrogen-bond acceptors (Lipinski definition) is 4. The van der Waals surface area contributed by atoms with Crippen molar-refractivity contribution in [2.75, 3.05) is 19.6 Å². The van der Waals surface area contributed by atoms with Gasteiger partial charge in [0.1, 0.15) is 11.9 Å². The van der Waals surface area contributed by atoms with Crippen molar-refractivity contribution in [3.8, 4) is 0 Å². The van der Waals surface area contributed by atoms with E-state index in [1.807, 2.05) is 41.8 Å². The summed E-state index contributed by atoms with van der Waals surface area (Å²) >= 11 is 0. The van der Waals surface area contributed by atoms with Crippen LogP contribution in [0.1, 0.15) is 27.9 Å². The van der Waals surface area contributed by atoms with E-state index in [2.05, 4.69) is 15.3 Å². The monoisotopic (exact) mass is 285 g/mol. The first kappa shape index (κ1) is 13.8. The van der Waals surface area contributed by atoms with Gasteiger partial charge in [0.2, 0.25) is 0 Å². The third kappa shape index (κ3) is 2.67. The number of rotatable bonds is 2. The Kier molecular flexibility index (Phi) is 3.70. The van der Waals surface area contributed by atoms with Crippen LogP contribution in [-0.2, 0) is 7.05 Å². The summed E-state index contributed by atoms with van der Waals surface area (Å²) in [6.07, 6.45) is 5.31. The molecule has 6 nitrogen and oxygen atoms in total. The van der Waals surface area contributed by atoms with Crippen LogP contribution in [0.3, 0.4) is 0 Å². The summed E-state index contributed by atoms with van der Waals surface area (Å²) in [5, 5.41) is 3.33. The van der Waals surface area contributed by atoms with Crippen molar-refractivity contribution in [2.45, 2.75) is 13.0 Å². The van der Waals surface area contributed by atoms with E-state index in [1.54, 1.807) is 12.4 Å². The summed E-state index contributed by atoms with van der Waals surface area (Å²) in [6, 6.07) is 3.65. The average molecular weight is 285 g/mol. The number of piperazine rings is 1. The number of carbonyl (C=O) groups is 1. The zero-order valence-corrected chi connectivity index (χ0v) is 12.3. The zero-order chi connectivity index (χ0) is 14.8. The zero-order valence-electron chi connectivity index (χ0n) is 12.3. The van der Waals surface area contributed by atoms with Gasteiger partial charge in [-0.15, -0.1) is 0 Å². The van der Waals surface area contributed by atoms with E-state index in [4.69, 9.17) is 0 Å². The summed E-state index contributed by atoms with van der Waals surface area (Å²) in [7, 11) is 1.95. The predicted octanol–water partition coefficient (Wildman–Crippen LogP) is 0.910. The van der Waals surface area contributed by atoms with Crippen molar-refractivity contribution in [3.63, 3.8) is 0 Å². The summed E-state index contributed by atoms with van der Waals surface area (Å²) in [5.41, 5.74) is 1.54. The number of nitrogens with one attached hydrogen (secondary N) is 1. The summed E-state index contributed by atoms with van der Waals surface area (Å²) < 4.78 is 1.96. The summed E-state index contributed by atoms with van der Waals surface area (Å²) in [4.78, 5) is 23.2. The van der Waals surface area contributed by atoms with Gasteiger partial charge in [0, 0.05) is 51.0 Å². The van der Waals surface area contributed by atoms with Gasteiger partial charge < -0.3 is 14.8 Å². The van der Waals surface area contributed by atoms with Gasteiger partial charge in [-0.2, -0.15) is 0 Å². The molecule has 3 rings (SSSR count). The first-order valence-corrected chi connectivity index (χ1v) is 7.08. The molecular formula is C15H19N5O. The van der Waals surface area contributed by atoms with Gasteiger partial charge in [-0.3, -0.25) is 9.78 Å². The Morgan fingerprint density at radius 2 is 2.24 bits per heavy atom. The first-order chi connectivity index (χ1) is 10.2. The SMILES string of the molecule is Cc1ccc(C(=O)N2CCNCC2c2nccn2C)cn1. The molecule has 1 aliphatic rings. The van der Waals surface area contributed by atoms with Gasteiger partial charge >= 0.3 is 0 Å². The number of aromatic nitrogens is 3. The topological polar surface area (TPSA) is 63.1 Å². The fraction of sp³-hybridized carbons (Fsp3) is 0.400. The Labute approximate surface area is 123 Å². The lowest BCUT2D eigenvalue weighted by atomic mass is 10.1. The molecule has 0 bridgehead atoms. The molecule has 0 aliphatic carbocycles. The van der Waals surface area contributed by atoms with E-state index in [1.165, 1.54) is 0 Å². The Morgan fingerprint density at radius 3 is 2.90 bits per heavy atom. The Morgan fingerprint density at radius 1 is 1.38 bits per heavy atom. The van der Waals surface area contributed by atoms with Crippen LogP contribution < -0.4 is 5.32 Å². The van der Waals surface area contributed by atoms with Crippen LogP contribution in [0.5, 0.6) is 0 Å². The Bertz CT molecular complexity index is 634. The van der Waals surface area contributed by atoms with Crippen LogP contribution in [0.4, 0.5) is 0 Å². The highest BCUT2D eigenvalue weighted by atomic mass is 16.2. The second-order valence-electron chi connectivity index (χ2n) is 5.30. The first-order valence-electron chi connectivity index (χ1n) is 7.08. The van der Waals surface area contributed by atoms with Gasteiger partial charge in [0.05, 0.1) is 5.56 Å². The summed E-state index contributed by atoms with van der Waals surface area (Å²) in [6.45, 7) is 4.10. The largest absolute Gasteiger partial charge is 0.336 e. The average Bonchev–Trinajstić information content (AvgIpc) is 2.93. The van der Waals surface area contributed by atoms with Gasteiger partial charge in [-0.1, -0.05) is 0 Å². The van der Waals surface area contributed by atoms with E-state index < -0.39 is 0 Å². The molecule has 0 radical (unpaired) electrons. The standard InChI is InChI=1S/C15H19N5O/c1-11-3-4-12(9-18-11)15(21)20-8-5-16-10-13(20)14-17-6-7-19(14)2/h3-4,6-7,9,13,16H,5,8,10H2,1-2H3. The maximum absolute atomic E-state index is 12.7. The van der Waals surface area contributed by atoms with Crippen molar-refractivity contribution < 1.29 is 4.79 Å². The molecule has 21 heavy (non-hydrogen) atoms. The maximum atomic E-state index is 12.7. The summed E-state index contributed by atoms with van der Waals surface area (Å²) in [5.74, 6) is 0.910. The molecule has 0 saturated carbocycles. The molecule has 2 aromatic heterocycles. The lowest BCUT2D eigenvalue weighted by molar-refractivity contribution is 0.0620. The second-order valence-corrected chi connectivity index (χ2v) is 5.30. The third-order valence-electron chi connectivity index (χ3n) is 3.82. The van der Waals surface area contributed by atoms with Crippen LogP contribution in [0.2, 0.25) is 0 Å². The lowest BCUT2D eigenvalue weighted by Crippen LogP contribution is -2.49. The van der Waals surface area contributed by atoms with Crippen LogP contribution in [0.15, 0.2) is 30.7 Å². The number of imidazole rings is 1. The van der Waals surface area contributed by atoms with E-state index >= 15 is 0 Å². The number of aryl methyl sites for hydroxylation is 2. The fourth-order valence-corrected chi connectivity index (χ4v) is 2.64. The normalized spacial score (nSPS) is 18.8. The van der Waals surface area contributed by atoms with Gasteiger partial charge in [-0.25, -0.2) is 4.98 Å². The van der Waals surface area contributed by atoms with Crippen molar-refractivity contribution in [1.82, 2.24) is 24.8 Å². The quantitative estimate of drug-likeness (QED) is 0.891. The highest BCUT2D eigenvalue weighted by molar-refractivity contribution is 5.94. The molecule has 1 aliphatic heterocycles. The molecule has 1 N–H and O–H groups in total. The minimum absolute atomic E-state index is 0.0111. The van der Waals surface area contributed by atoms with E-state index in [0.717, 1.165) is 24.6 Å². The number of carbonyl (C=O) groups excluding carboxylic acids is 1. The molecule has 1 amide bonds. The molecule has 1 fully saturated rings. The molecule has 2 aromatic rings. The number of amides is 1. The van der Waals surface area contributed by atoms with Crippen LogP contribution in [0, 0.1) is 6.92 Å². The molecule has 110 valence electrons. The van der Waals surface area contributed by atoms with Crippen LogP contribution in [-0.4, -0.2) is 45.0 Å². The van der Waals surface area contributed by atoms with E-state index in [9.17, 15) is 4.79 Å². The fourth-order valence-electron chi connectivity index (χ4n) is 2.64. The maximum Gasteiger partial charge on any atom is 0.256 e. The molecule has 1 saturated heterocycles. The molecule has 1 atom stereocenters. The highest BCUT2D eigenvalue weighted by Crippen LogP contribution is 2.22. The second kappa shape index (κ2) is 5.65. The van der Waals surface area contributed by atoms with Crippen molar-refractivity contribution in [2.24, 2.45) is 7.05 Å². The number of pyridine rings is 1. The van der Waals surface area contributed by atoms with Crippen LogP contribution >= 0.6 is 0 Å². The minimum atomic E-state index is -0.0486. The molecule has 6 heteroatoms. The van der Waals surface area contributed by atoms with Gasteiger partial charge in [-0.05, 0) is 19.1 Å². The van der Waals surface area contributed by atoms with Crippen molar-refractivity contribution >= 4 is 5.91 Å². The number of nitrogens with zero attached hydrogens (tertiary/aromatic N) is 4. The number of hydrogen-bond donors (Lipinski definition) is 1. The molecule has 1 unspecified atom stereocenters. The van der Waals surface area contributed by atoms with E-state index in [0.29, 0.717) is 12.1 Å². The smallest absolute Gasteiger partial charge is 0.256 e. The Balaban J connectivity index is 1.89. The van der Waals surface area contributed by atoms with Crippen LogP contribution in [0.25, 0.3) is 0 Å². The van der Waals surface area contributed by atoms with E-state index in [-0.39, 0.29) is 11.9 Å². The Hall–Kier alpha value is -2.21. The van der Waals surface area contributed by atoms with Crippen molar-refractivity contribution in [1.29, 1.82) is 0 Å².